The fourth-order valence-electron chi connectivity index (χ4n) is 2.77. The number of aryl methyl sites for hydroxylation is 1. The third-order valence-electron chi connectivity index (χ3n) is 4.20. The molecule has 0 atom stereocenters. The van der Waals surface area contributed by atoms with E-state index in [0.717, 1.165) is 35.6 Å². The fraction of sp³-hybridized carbons (Fsp3) is 0.381. The van der Waals surface area contributed by atoms with Gasteiger partial charge in [0, 0.05) is 12.2 Å². The van der Waals surface area contributed by atoms with Crippen molar-refractivity contribution in [3.63, 3.8) is 0 Å². The molecule has 2 rings (SSSR count). The van der Waals surface area contributed by atoms with Crippen LogP contribution in [0.25, 0.3) is 0 Å². The highest BCUT2D eigenvalue weighted by molar-refractivity contribution is 7.80. The second-order valence-corrected chi connectivity index (χ2v) is 6.49. The minimum absolute atomic E-state index is 0.619. The number of unbranched alkanes of at least 4 members (excludes halogenated alkanes) is 1. The van der Waals surface area contributed by atoms with E-state index < -0.39 is 0 Å². The molecule has 0 amide bonds. The highest BCUT2D eigenvalue weighted by Crippen LogP contribution is 2.30. The summed E-state index contributed by atoms with van der Waals surface area (Å²) in [5.41, 5.74) is 3.45. The zero-order valence-electron chi connectivity index (χ0n) is 15.8. The molecule has 0 aliphatic carbocycles. The summed E-state index contributed by atoms with van der Waals surface area (Å²) in [4.78, 5) is 0. The minimum atomic E-state index is 0.619. The predicted molar refractivity (Wildman–Crippen MR) is 113 cm³/mol. The Morgan fingerprint density at radius 2 is 1.77 bits per heavy atom. The molecule has 2 N–H and O–H groups in total. The molecule has 2 aromatic carbocycles. The van der Waals surface area contributed by atoms with Gasteiger partial charge in [-0.2, -0.15) is 0 Å². The Kier molecular flexibility index (Phi) is 8.22. The van der Waals surface area contributed by atoms with Crippen molar-refractivity contribution in [1.82, 2.24) is 5.32 Å². The Morgan fingerprint density at radius 1 is 1.00 bits per heavy atom. The number of thiocarbonyl (C=S) groups is 1. The second kappa shape index (κ2) is 10.7. The summed E-state index contributed by atoms with van der Waals surface area (Å²) in [7, 11) is 3.30. The Morgan fingerprint density at radius 3 is 2.42 bits per heavy atom. The number of hydrogen-bond donors (Lipinski definition) is 2. The number of para-hydroxylation sites is 1. The van der Waals surface area contributed by atoms with Gasteiger partial charge in [-0.3, -0.25) is 0 Å². The Hall–Kier alpha value is -2.27. The van der Waals surface area contributed by atoms with Crippen LogP contribution in [0.15, 0.2) is 42.5 Å². The van der Waals surface area contributed by atoms with E-state index in [2.05, 4.69) is 41.8 Å². The van der Waals surface area contributed by atoms with Crippen LogP contribution in [0.2, 0.25) is 0 Å². The van der Waals surface area contributed by atoms with Crippen molar-refractivity contribution in [2.24, 2.45) is 0 Å². The van der Waals surface area contributed by atoms with E-state index in [9.17, 15) is 0 Å². The van der Waals surface area contributed by atoms with Gasteiger partial charge >= 0.3 is 0 Å². The van der Waals surface area contributed by atoms with Gasteiger partial charge in [-0.25, -0.2) is 0 Å². The molecular weight excluding hydrogens is 344 g/mol. The van der Waals surface area contributed by atoms with Crippen LogP contribution in [0.4, 0.5) is 5.69 Å². The first-order chi connectivity index (χ1) is 12.7. The number of benzene rings is 2. The van der Waals surface area contributed by atoms with Crippen LogP contribution in [0.1, 0.15) is 30.9 Å². The summed E-state index contributed by atoms with van der Waals surface area (Å²) < 4.78 is 10.8. The molecular formula is C21H28N2O2S. The number of methoxy groups -OCH3 is 2. The third-order valence-corrected chi connectivity index (χ3v) is 4.44. The molecule has 0 bridgehead atoms. The lowest BCUT2D eigenvalue weighted by Crippen LogP contribution is -2.30. The van der Waals surface area contributed by atoms with Gasteiger partial charge in [-0.15, -0.1) is 0 Å². The molecule has 0 aromatic heterocycles. The molecule has 0 saturated heterocycles. The maximum atomic E-state index is 5.46. The molecule has 0 aliphatic heterocycles. The van der Waals surface area contributed by atoms with Gasteiger partial charge in [0.25, 0.3) is 0 Å². The number of hydrogen-bond acceptors (Lipinski definition) is 3. The third kappa shape index (κ3) is 5.92. The van der Waals surface area contributed by atoms with E-state index in [1.807, 2.05) is 18.2 Å². The zero-order chi connectivity index (χ0) is 18.8. The van der Waals surface area contributed by atoms with Crippen LogP contribution in [0, 0.1) is 0 Å². The van der Waals surface area contributed by atoms with Crippen molar-refractivity contribution in [1.29, 1.82) is 0 Å². The molecule has 5 heteroatoms. The van der Waals surface area contributed by atoms with Gasteiger partial charge in [0.15, 0.2) is 16.6 Å². The van der Waals surface area contributed by atoms with Gasteiger partial charge in [0.2, 0.25) is 0 Å². The summed E-state index contributed by atoms with van der Waals surface area (Å²) in [6.45, 7) is 2.92. The Labute approximate surface area is 161 Å². The first-order valence-electron chi connectivity index (χ1n) is 9.01. The van der Waals surface area contributed by atoms with E-state index in [4.69, 9.17) is 21.7 Å². The lowest BCUT2D eigenvalue weighted by molar-refractivity contribution is 0.351. The van der Waals surface area contributed by atoms with Gasteiger partial charge in [0.05, 0.1) is 14.2 Å². The first kappa shape index (κ1) is 20.0. The molecule has 0 fully saturated rings. The molecule has 2 aromatic rings. The maximum absolute atomic E-state index is 5.46. The van der Waals surface area contributed by atoms with Crippen LogP contribution in [-0.4, -0.2) is 25.9 Å². The molecule has 140 valence electrons. The van der Waals surface area contributed by atoms with Crippen LogP contribution in [-0.2, 0) is 12.8 Å². The van der Waals surface area contributed by atoms with Crippen molar-refractivity contribution in [2.75, 3.05) is 26.1 Å². The van der Waals surface area contributed by atoms with Crippen LogP contribution in [0.3, 0.4) is 0 Å². The fourth-order valence-corrected chi connectivity index (χ4v) is 2.99. The lowest BCUT2D eigenvalue weighted by atomic mass is 10.1. The molecule has 0 unspecified atom stereocenters. The van der Waals surface area contributed by atoms with Crippen molar-refractivity contribution in [3.8, 4) is 11.5 Å². The second-order valence-electron chi connectivity index (χ2n) is 6.08. The number of rotatable bonds is 9. The van der Waals surface area contributed by atoms with Crippen molar-refractivity contribution in [2.45, 2.75) is 32.6 Å². The smallest absolute Gasteiger partial charge is 0.170 e. The molecule has 4 nitrogen and oxygen atoms in total. The predicted octanol–water partition coefficient (Wildman–Crippen LogP) is 4.58. The van der Waals surface area contributed by atoms with E-state index in [-0.39, 0.29) is 0 Å². The summed E-state index contributed by atoms with van der Waals surface area (Å²) in [6, 6.07) is 14.4. The summed E-state index contributed by atoms with van der Waals surface area (Å²) in [5, 5.41) is 7.09. The van der Waals surface area contributed by atoms with E-state index >= 15 is 0 Å². The topological polar surface area (TPSA) is 42.5 Å². The van der Waals surface area contributed by atoms with Gasteiger partial charge in [-0.05, 0) is 60.8 Å². The van der Waals surface area contributed by atoms with Crippen LogP contribution in [0.5, 0.6) is 11.5 Å². The van der Waals surface area contributed by atoms with Crippen molar-refractivity contribution in [3.05, 3.63) is 53.6 Å². The Bertz CT molecular complexity index is 702. The average molecular weight is 373 g/mol. The monoisotopic (exact) mass is 372 g/mol. The molecule has 0 radical (unpaired) electrons. The quantitative estimate of drug-likeness (QED) is 0.631. The van der Waals surface area contributed by atoms with Crippen molar-refractivity contribution < 1.29 is 9.47 Å². The molecule has 0 aliphatic rings. The summed E-state index contributed by atoms with van der Waals surface area (Å²) in [5.74, 6) is 1.52. The average Bonchev–Trinajstić information content (AvgIpc) is 2.67. The van der Waals surface area contributed by atoms with Crippen LogP contribution < -0.4 is 20.1 Å². The van der Waals surface area contributed by atoms with E-state index in [0.29, 0.717) is 11.7 Å². The molecule has 26 heavy (non-hydrogen) atoms. The lowest BCUT2D eigenvalue weighted by Gasteiger charge is -2.14. The van der Waals surface area contributed by atoms with Gasteiger partial charge in [-0.1, -0.05) is 37.6 Å². The highest BCUT2D eigenvalue weighted by atomic mass is 32.1. The van der Waals surface area contributed by atoms with Crippen molar-refractivity contribution >= 4 is 23.0 Å². The van der Waals surface area contributed by atoms with Gasteiger partial charge in [0.1, 0.15) is 0 Å². The number of ether oxygens (including phenoxy) is 2. The Balaban J connectivity index is 1.82. The minimum Gasteiger partial charge on any atom is -0.493 e. The standard InChI is InChI=1S/C21H28N2O2S/c1-4-5-7-16-10-12-18(13-11-16)23-21(26)22-15-14-17-8-6-9-19(24-2)20(17)25-3/h6,8-13H,4-5,7,14-15H2,1-3H3,(H2,22,23,26). The SMILES string of the molecule is CCCCc1ccc(NC(=S)NCCc2cccc(OC)c2OC)cc1. The maximum Gasteiger partial charge on any atom is 0.170 e. The highest BCUT2D eigenvalue weighted by Gasteiger charge is 2.09. The molecule has 0 spiro atoms. The molecule has 0 heterocycles. The summed E-state index contributed by atoms with van der Waals surface area (Å²) in [6.07, 6.45) is 4.35. The van der Waals surface area contributed by atoms with Gasteiger partial charge < -0.3 is 20.1 Å². The summed E-state index contributed by atoms with van der Waals surface area (Å²) >= 11 is 5.39. The number of nitrogens with one attached hydrogen (secondary N) is 2. The zero-order valence-corrected chi connectivity index (χ0v) is 16.6. The molecule has 0 saturated carbocycles. The van der Waals surface area contributed by atoms with E-state index in [1.165, 1.54) is 18.4 Å². The number of anilines is 1. The first-order valence-corrected chi connectivity index (χ1v) is 9.42. The largest absolute Gasteiger partial charge is 0.493 e. The normalized spacial score (nSPS) is 10.3. The van der Waals surface area contributed by atoms with E-state index in [1.54, 1.807) is 14.2 Å². The van der Waals surface area contributed by atoms with Crippen LogP contribution >= 0.6 is 12.2 Å².